The average molecular weight is 420 g/mol. The molecule has 0 saturated heterocycles. The average Bonchev–Trinajstić information content (AvgIpc) is 3.56. The Labute approximate surface area is 174 Å². The fourth-order valence-electron chi connectivity index (χ4n) is 2.97. The number of nitrogens with zero attached hydrogens (tertiary/aromatic N) is 8. The molecule has 0 atom stereocenters. The third-order valence-corrected chi connectivity index (χ3v) is 4.53. The molecule has 11 heteroatoms. The highest BCUT2D eigenvalue weighted by molar-refractivity contribution is 5.59. The topological polar surface area (TPSA) is 100 Å². The van der Waals surface area contributed by atoms with Gasteiger partial charge in [0.15, 0.2) is 0 Å². The van der Waals surface area contributed by atoms with E-state index in [1.54, 1.807) is 29.3 Å². The number of aromatic nitrogens is 8. The van der Waals surface area contributed by atoms with Gasteiger partial charge < -0.3 is 8.98 Å². The minimum absolute atomic E-state index is 0.00321. The second-order valence-corrected chi connectivity index (χ2v) is 6.60. The third-order valence-electron chi connectivity index (χ3n) is 4.53. The van der Waals surface area contributed by atoms with Gasteiger partial charge in [0.05, 0.1) is 30.3 Å². The minimum atomic E-state index is -2.81. The fraction of sp³-hybridized carbons (Fsp3) is 0.100. The Hall–Kier alpha value is -4.28. The molecule has 0 aliphatic rings. The molecule has 4 aromatic heterocycles. The molecule has 0 bridgehead atoms. The fourth-order valence-corrected chi connectivity index (χ4v) is 2.97. The molecule has 5 aromatic rings. The van der Waals surface area contributed by atoms with E-state index in [2.05, 4.69) is 30.5 Å². The van der Waals surface area contributed by atoms with Crippen molar-refractivity contribution in [2.75, 3.05) is 0 Å². The van der Waals surface area contributed by atoms with Crippen LogP contribution < -0.4 is 0 Å². The molecule has 0 N–H and O–H groups in total. The van der Waals surface area contributed by atoms with Crippen LogP contribution in [0.3, 0.4) is 0 Å². The summed E-state index contributed by atoms with van der Waals surface area (Å²) in [6.45, 7) is 0.395. The molecule has 154 valence electrons. The molecule has 0 unspecified atom stereocenters. The summed E-state index contributed by atoms with van der Waals surface area (Å²) >= 11 is 0. The lowest BCUT2D eigenvalue weighted by molar-refractivity contribution is 0.116. The summed E-state index contributed by atoms with van der Waals surface area (Å²) in [6, 6.07) is 11.3. The van der Waals surface area contributed by atoms with E-state index in [4.69, 9.17) is 4.42 Å². The highest BCUT2D eigenvalue weighted by atomic mass is 19.3. The summed E-state index contributed by atoms with van der Waals surface area (Å²) < 4.78 is 33.7. The van der Waals surface area contributed by atoms with Gasteiger partial charge in [-0.15, -0.1) is 15.3 Å². The lowest BCUT2D eigenvalue weighted by Crippen LogP contribution is -2.02. The zero-order valence-corrected chi connectivity index (χ0v) is 15.9. The molecule has 5 rings (SSSR count). The summed E-state index contributed by atoms with van der Waals surface area (Å²) in [7, 11) is 0. The van der Waals surface area contributed by atoms with Crippen LogP contribution in [0.15, 0.2) is 71.9 Å². The number of hydrogen-bond donors (Lipinski definition) is 0. The van der Waals surface area contributed by atoms with Crippen LogP contribution in [0.1, 0.15) is 18.0 Å². The Balaban J connectivity index is 1.28. The number of pyridine rings is 1. The number of hydrogen-bond acceptors (Lipinski definition) is 7. The molecular formula is C20H14F2N8O. The van der Waals surface area contributed by atoms with Gasteiger partial charge in [0.1, 0.15) is 5.69 Å². The quantitative estimate of drug-likeness (QED) is 0.414. The van der Waals surface area contributed by atoms with Gasteiger partial charge in [-0.1, -0.05) is 17.3 Å². The van der Waals surface area contributed by atoms with E-state index >= 15 is 0 Å². The number of halogens is 2. The van der Waals surface area contributed by atoms with E-state index in [1.165, 1.54) is 6.20 Å². The molecular weight excluding hydrogens is 406 g/mol. The first kappa shape index (κ1) is 18.7. The van der Waals surface area contributed by atoms with Gasteiger partial charge in [0, 0.05) is 29.8 Å². The summed E-state index contributed by atoms with van der Waals surface area (Å²) in [5, 5.41) is 15.3. The SMILES string of the molecule is FC(F)c1nnc(-c2ccc(Cn3cc(-c4ccc(-n5ccnc5)cc4)nn3)nc2)o1. The van der Waals surface area contributed by atoms with E-state index < -0.39 is 12.3 Å². The van der Waals surface area contributed by atoms with E-state index in [9.17, 15) is 8.78 Å². The number of alkyl halides is 2. The van der Waals surface area contributed by atoms with Crippen LogP contribution in [0, 0.1) is 0 Å². The van der Waals surface area contributed by atoms with Crippen LogP contribution in [0.25, 0.3) is 28.4 Å². The Morgan fingerprint density at radius 3 is 2.48 bits per heavy atom. The molecule has 1 aromatic carbocycles. The van der Waals surface area contributed by atoms with Crippen molar-refractivity contribution >= 4 is 0 Å². The standard InChI is InChI=1S/C20H14F2N8O/c21-18(22)20-27-26-19(31-20)14-1-4-15(24-9-14)10-30-11-17(25-28-30)13-2-5-16(6-3-13)29-8-7-23-12-29/h1-9,11-12,18H,10H2. The first-order valence-corrected chi connectivity index (χ1v) is 9.21. The number of rotatable bonds is 6. The van der Waals surface area contributed by atoms with Crippen molar-refractivity contribution in [1.82, 2.24) is 39.7 Å². The van der Waals surface area contributed by atoms with Crippen molar-refractivity contribution in [3.8, 4) is 28.4 Å². The van der Waals surface area contributed by atoms with Gasteiger partial charge in [-0.25, -0.2) is 9.67 Å². The Morgan fingerprint density at radius 1 is 0.968 bits per heavy atom. The van der Waals surface area contributed by atoms with E-state index in [1.807, 2.05) is 41.2 Å². The van der Waals surface area contributed by atoms with Gasteiger partial charge in [0.25, 0.3) is 5.89 Å². The van der Waals surface area contributed by atoms with E-state index in [0.29, 0.717) is 17.8 Å². The first-order chi connectivity index (χ1) is 15.2. The van der Waals surface area contributed by atoms with Crippen LogP contribution >= 0.6 is 0 Å². The molecule has 0 aliphatic carbocycles. The highest BCUT2D eigenvalue weighted by Crippen LogP contribution is 2.23. The van der Waals surface area contributed by atoms with Gasteiger partial charge in [0.2, 0.25) is 5.89 Å². The molecule has 4 heterocycles. The van der Waals surface area contributed by atoms with Gasteiger partial charge in [-0.05, 0) is 24.3 Å². The van der Waals surface area contributed by atoms with Crippen molar-refractivity contribution in [1.29, 1.82) is 0 Å². The smallest absolute Gasteiger partial charge is 0.314 e. The van der Waals surface area contributed by atoms with Crippen LogP contribution in [0.4, 0.5) is 8.78 Å². The van der Waals surface area contributed by atoms with E-state index in [0.717, 1.165) is 16.9 Å². The molecule has 0 amide bonds. The second kappa shape index (κ2) is 7.86. The van der Waals surface area contributed by atoms with Crippen molar-refractivity contribution in [2.45, 2.75) is 13.0 Å². The largest absolute Gasteiger partial charge is 0.415 e. The minimum Gasteiger partial charge on any atom is -0.415 e. The predicted molar refractivity (Wildman–Crippen MR) is 104 cm³/mol. The number of imidazole rings is 1. The molecule has 9 nitrogen and oxygen atoms in total. The summed E-state index contributed by atoms with van der Waals surface area (Å²) in [5.74, 6) is -0.719. The van der Waals surface area contributed by atoms with E-state index in [-0.39, 0.29) is 5.89 Å². The zero-order valence-electron chi connectivity index (χ0n) is 15.9. The Kier molecular flexibility index (Phi) is 4.75. The molecule has 0 fully saturated rings. The van der Waals surface area contributed by atoms with Crippen molar-refractivity contribution < 1.29 is 13.2 Å². The molecule has 31 heavy (non-hydrogen) atoms. The highest BCUT2D eigenvalue weighted by Gasteiger charge is 2.17. The van der Waals surface area contributed by atoms with Crippen LogP contribution in [0.2, 0.25) is 0 Å². The summed E-state index contributed by atoms with van der Waals surface area (Å²) in [6.07, 6.45) is 5.85. The van der Waals surface area contributed by atoms with Gasteiger partial charge in [-0.2, -0.15) is 8.78 Å². The monoisotopic (exact) mass is 420 g/mol. The summed E-state index contributed by atoms with van der Waals surface area (Å²) in [4.78, 5) is 8.36. The summed E-state index contributed by atoms with van der Waals surface area (Å²) in [5.41, 5.74) is 3.84. The predicted octanol–water partition coefficient (Wildman–Crippen LogP) is 3.56. The molecule has 0 aliphatic heterocycles. The lowest BCUT2D eigenvalue weighted by Gasteiger charge is -2.03. The lowest BCUT2D eigenvalue weighted by atomic mass is 10.1. The van der Waals surface area contributed by atoms with Gasteiger partial charge in [-0.3, -0.25) is 4.98 Å². The maximum absolute atomic E-state index is 12.6. The van der Waals surface area contributed by atoms with Crippen molar-refractivity contribution in [3.05, 3.63) is 79.1 Å². The molecule has 0 spiro atoms. The van der Waals surface area contributed by atoms with Crippen LogP contribution in [-0.4, -0.2) is 39.7 Å². The first-order valence-electron chi connectivity index (χ1n) is 9.21. The third kappa shape index (κ3) is 3.92. The Morgan fingerprint density at radius 2 is 1.81 bits per heavy atom. The van der Waals surface area contributed by atoms with Crippen LogP contribution in [0.5, 0.6) is 0 Å². The number of benzene rings is 1. The van der Waals surface area contributed by atoms with Crippen molar-refractivity contribution in [3.63, 3.8) is 0 Å². The zero-order chi connectivity index (χ0) is 21.2. The molecule has 0 saturated carbocycles. The maximum Gasteiger partial charge on any atom is 0.314 e. The van der Waals surface area contributed by atoms with Crippen molar-refractivity contribution in [2.24, 2.45) is 0 Å². The molecule has 0 radical (unpaired) electrons. The maximum atomic E-state index is 12.6. The van der Waals surface area contributed by atoms with Crippen LogP contribution in [-0.2, 0) is 6.54 Å². The normalized spacial score (nSPS) is 11.3. The Bertz CT molecular complexity index is 1280. The second-order valence-electron chi connectivity index (χ2n) is 6.60. The van der Waals surface area contributed by atoms with Gasteiger partial charge >= 0.3 is 6.43 Å².